The Labute approximate surface area is 224 Å². The number of likely N-dealkylation sites (tertiary alicyclic amines) is 1. The highest BCUT2D eigenvalue weighted by Crippen LogP contribution is 2.55. The Morgan fingerprint density at radius 2 is 2.00 bits per heavy atom. The fraction of sp³-hybridized carbons (Fsp3) is 0.310. The number of amides is 1. The third-order valence-electron chi connectivity index (χ3n) is 8.47. The molecule has 7 rings (SSSR count). The van der Waals surface area contributed by atoms with Crippen molar-refractivity contribution in [1.82, 2.24) is 34.4 Å². The van der Waals surface area contributed by atoms with Crippen molar-refractivity contribution in [1.29, 1.82) is 0 Å². The monoisotopic (exact) mass is 525 g/mol. The molecule has 9 heteroatoms. The van der Waals surface area contributed by atoms with Gasteiger partial charge in [0.2, 0.25) is 5.91 Å². The van der Waals surface area contributed by atoms with E-state index in [1.807, 2.05) is 48.1 Å². The van der Waals surface area contributed by atoms with Crippen LogP contribution < -0.4 is 0 Å². The van der Waals surface area contributed by atoms with E-state index in [-0.39, 0.29) is 17.4 Å². The summed E-state index contributed by atoms with van der Waals surface area (Å²) in [6, 6.07) is 6.53. The number of halogens is 1. The lowest BCUT2D eigenvalue weighted by Gasteiger charge is -2.58. The maximum absolute atomic E-state index is 12.0. The molecule has 1 spiro atoms. The van der Waals surface area contributed by atoms with Gasteiger partial charge in [0.05, 0.1) is 22.8 Å². The van der Waals surface area contributed by atoms with Gasteiger partial charge in [-0.3, -0.25) is 14.6 Å². The number of carbonyl (C=O) groups excluding carboxylic acids is 1. The second kappa shape index (κ2) is 8.04. The number of hydrogen-bond acceptors (Lipinski definition) is 4. The zero-order valence-electron chi connectivity index (χ0n) is 21.6. The molecule has 1 aliphatic heterocycles. The number of rotatable bonds is 4. The first kappa shape index (κ1) is 23.2. The van der Waals surface area contributed by atoms with E-state index in [1.165, 1.54) is 6.08 Å². The van der Waals surface area contributed by atoms with Crippen LogP contribution in [0, 0.1) is 19.3 Å². The summed E-state index contributed by atoms with van der Waals surface area (Å²) >= 11 is 7.02. The van der Waals surface area contributed by atoms with Gasteiger partial charge in [0.25, 0.3) is 0 Å². The van der Waals surface area contributed by atoms with Crippen LogP contribution in [0.5, 0.6) is 0 Å². The zero-order chi connectivity index (χ0) is 26.3. The standard InChI is InChI=1S/C29H28ClN7O/c1-5-23(38)36-14-29(15-36)10-20(11-29)37-17(3)24(25-21-13-32-33-22(21)8-16(2)26(25)30)27(34-37)19-9-18-6-7-35(4)28(18)31-12-19/h5-9,12-13,20H,1,10-11,14-15H2,2-4H3,(H,32,33). The minimum Gasteiger partial charge on any atom is -0.338 e. The van der Waals surface area contributed by atoms with Gasteiger partial charge in [0.15, 0.2) is 0 Å². The summed E-state index contributed by atoms with van der Waals surface area (Å²) < 4.78 is 4.19. The topological polar surface area (TPSA) is 84.6 Å². The van der Waals surface area contributed by atoms with Gasteiger partial charge in [-0.05, 0) is 56.5 Å². The van der Waals surface area contributed by atoms with Crippen molar-refractivity contribution in [3.8, 4) is 22.4 Å². The lowest BCUT2D eigenvalue weighted by Crippen LogP contribution is -2.63. The van der Waals surface area contributed by atoms with Crippen molar-refractivity contribution in [2.75, 3.05) is 13.1 Å². The fourth-order valence-corrected chi connectivity index (χ4v) is 6.77. The van der Waals surface area contributed by atoms with Crippen molar-refractivity contribution >= 4 is 39.4 Å². The number of pyridine rings is 1. The molecule has 4 aromatic heterocycles. The predicted octanol–water partition coefficient (Wildman–Crippen LogP) is 5.60. The number of aromatic amines is 1. The molecule has 1 aromatic carbocycles. The summed E-state index contributed by atoms with van der Waals surface area (Å²) in [5.74, 6) is 0.0148. The molecule has 192 valence electrons. The first-order valence-corrected chi connectivity index (χ1v) is 13.2. The van der Waals surface area contributed by atoms with Gasteiger partial charge in [-0.2, -0.15) is 10.2 Å². The lowest BCUT2D eigenvalue weighted by atomic mass is 9.60. The van der Waals surface area contributed by atoms with Crippen LogP contribution in [0.4, 0.5) is 0 Å². The molecular formula is C29H28ClN7O. The van der Waals surface area contributed by atoms with E-state index in [9.17, 15) is 4.79 Å². The Kier molecular flexibility index (Phi) is 4.92. The summed E-state index contributed by atoms with van der Waals surface area (Å²) in [4.78, 5) is 18.6. The highest BCUT2D eigenvalue weighted by Gasteiger charge is 2.54. The van der Waals surface area contributed by atoms with Crippen LogP contribution >= 0.6 is 11.6 Å². The highest BCUT2D eigenvalue weighted by molar-refractivity contribution is 6.36. The van der Waals surface area contributed by atoms with Crippen LogP contribution in [0.25, 0.3) is 44.3 Å². The van der Waals surface area contributed by atoms with Gasteiger partial charge in [-0.15, -0.1) is 0 Å². The van der Waals surface area contributed by atoms with Crippen molar-refractivity contribution in [3.63, 3.8) is 0 Å². The van der Waals surface area contributed by atoms with Crippen LogP contribution in [-0.2, 0) is 11.8 Å². The molecular weight excluding hydrogens is 498 g/mol. The Morgan fingerprint density at radius 1 is 1.21 bits per heavy atom. The number of benzene rings is 1. The molecule has 2 aliphatic rings. The van der Waals surface area contributed by atoms with Crippen LogP contribution in [0.3, 0.4) is 0 Å². The van der Waals surface area contributed by atoms with E-state index >= 15 is 0 Å². The molecule has 2 fully saturated rings. The predicted molar refractivity (Wildman–Crippen MR) is 149 cm³/mol. The second-order valence-corrected chi connectivity index (χ2v) is 11.4. The quantitative estimate of drug-likeness (QED) is 0.309. The molecule has 1 aliphatic carbocycles. The summed E-state index contributed by atoms with van der Waals surface area (Å²) in [7, 11) is 2.00. The number of H-pyrrole nitrogens is 1. The normalized spacial score (nSPS) is 16.8. The van der Waals surface area contributed by atoms with Crippen molar-refractivity contribution < 1.29 is 4.79 Å². The molecule has 1 saturated heterocycles. The smallest absolute Gasteiger partial charge is 0.245 e. The van der Waals surface area contributed by atoms with Crippen molar-refractivity contribution in [2.45, 2.75) is 32.7 Å². The minimum absolute atomic E-state index is 0.0148. The van der Waals surface area contributed by atoms with Gasteiger partial charge < -0.3 is 9.47 Å². The lowest BCUT2D eigenvalue weighted by molar-refractivity contribution is -0.149. The van der Waals surface area contributed by atoms with Crippen LogP contribution in [-0.4, -0.2) is 53.4 Å². The van der Waals surface area contributed by atoms with Gasteiger partial charge in [-0.25, -0.2) is 4.98 Å². The number of aryl methyl sites for hydroxylation is 2. The molecule has 5 aromatic rings. The molecule has 38 heavy (non-hydrogen) atoms. The van der Waals surface area contributed by atoms with Crippen LogP contribution in [0.15, 0.2) is 49.4 Å². The van der Waals surface area contributed by atoms with Gasteiger partial charge >= 0.3 is 0 Å². The third kappa shape index (κ3) is 3.22. The van der Waals surface area contributed by atoms with E-state index in [2.05, 4.69) is 40.5 Å². The average molecular weight is 526 g/mol. The Hall–Kier alpha value is -3.91. The Balaban J connectivity index is 1.36. The number of aromatic nitrogens is 6. The first-order chi connectivity index (χ1) is 18.3. The molecule has 0 radical (unpaired) electrons. The van der Waals surface area contributed by atoms with E-state index in [0.29, 0.717) is 5.02 Å². The first-order valence-electron chi connectivity index (χ1n) is 12.8. The van der Waals surface area contributed by atoms with Crippen molar-refractivity contribution in [2.24, 2.45) is 12.5 Å². The number of carbonyl (C=O) groups is 1. The highest BCUT2D eigenvalue weighted by atomic mass is 35.5. The number of fused-ring (bicyclic) bond motifs is 2. The SMILES string of the molecule is C=CC(=O)N1CC2(CC(n3nc(-c4cnc5c(ccn5C)c4)c(-c4c(Cl)c(C)cc5[nH]ncc45)c3C)C2)C1. The molecule has 1 amide bonds. The molecule has 0 bridgehead atoms. The molecule has 5 heterocycles. The van der Waals surface area contributed by atoms with Gasteiger partial charge in [0, 0.05) is 71.1 Å². The molecule has 8 nitrogen and oxygen atoms in total. The molecule has 0 unspecified atom stereocenters. The van der Waals surface area contributed by atoms with E-state index in [4.69, 9.17) is 21.7 Å². The van der Waals surface area contributed by atoms with Gasteiger partial charge in [-0.1, -0.05) is 18.2 Å². The van der Waals surface area contributed by atoms with Crippen LogP contribution in [0.1, 0.15) is 30.1 Å². The van der Waals surface area contributed by atoms with E-state index in [0.717, 1.165) is 81.5 Å². The Morgan fingerprint density at radius 3 is 2.76 bits per heavy atom. The molecule has 1 saturated carbocycles. The van der Waals surface area contributed by atoms with E-state index < -0.39 is 0 Å². The van der Waals surface area contributed by atoms with Gasteiger partial charge in [0.1, 0.15) is 11.3 Å². The van der Waals surface area contributed by atoms with E-state index in [1.54, 1.807) is 0 Å². The third-order valence-corrected chi connectivity index (χ3v) is 8.95. The average Bonchev–Trinajstić information content (AvgIpc) is 3.56. The number of nitrogens with zero attached hydrogens (tertiary/aromatic N) is 6. The van der Waals surface area contributed by atoms with Crippen LogP contribution in [0.2, 0.25) is 5.02 Å². The largest absolute Gasteiger partial charge is 0.338 e. The zero-order valence-corrected chi connectivity index (χ0v) is 22.4. The fourth-order valence-electron chi connectivity index (χ4n) is 6.52. The minimum atomic E-state index is 0.0148. The number of hydrogen-bond donors (Lipinski definition) is 1. The maximum atomic E-state index is 12.0. The second-order valence-electron chi connectivity index (χ2n) is 11.0. The molecule has 0 atom stereocenters. The van der Waals surface area contributed by atoms with Crippen molar-refractivity contribution in [3.05, 3.63) is 65.7 Å². The summed E-state index contributed by atoms with van der Waals surface area (Å²) in [6.45, 7) is 9.36. The number of nitrogens with one attached hydrogen (secondary N) is 1. The molecule has 1 N–H and O–H groups in total. The summed E-state index contributed by atoms with van der Waals surface area (Å²) in [5, 5.41) is 15.4. The Bertz CT molecular complexity index is 1780. The summed E-state index contributed by atoms with van der Waals surface area (Å²) in [6.07, 6.45) is 9.15. The summed E-state index contributed by atoms with van der Waals surface area (Å²) in [5.41, 5.74) is 7.90. The maximum Gasteiger partial charge on any atom is 0.245 e.